The molecule has 0 unspecified atom stereocenters. The van der Waals surface area contributed by atoms with Crippen LogP contribution < -0.4 is 0 Å². The van der Waals surface area contributed by atoms with E-state index < -0.39 is 0 Å². The van der Waals surface area contributed by atoms with Crippen LogP contribution in [0.2, 0.25) is 0 Å². The van der Waals surface area contributed by atoms with Gasteiger partial charge in [-0.25, -0.2) is 0 Å². The number of nitrogens with zero attached hydrogens (tertiary/aromatic N) is 2. The number of carbonyl (C=O) groups excluding carboxylic acids is 1. The maximum Gasteiger partial charge on any atom is 0.222 e. The monoisotopic (exact) mass is 342 g/mol. The molecule has 0 aromatic heterocycles. The Balaban J connectivity index is 1.42. The van der Waals surface area contributed by atoms with Gasteiger partial charge in [-0.3, -0.25) is 9.69 Å². The van der Waals surface area contributed by atoms with Crippen LogP contribution in [0.1, 0.15) is 43.2 Å². The van der Waals surface area contributed by atoms with E-state index in [0.717, 1.165) is 65.0 Å². The van der Waals surface area contributed by atoms with Crippen LogP contribution in [-0.4, -0.2) is 54.1 Å². The third-order valence-electron chi connectivity index (χ3n) is 6.30. The molecule has 1 amide bonds. The van der Waals surface area contributed by atoms with Crippen molar-refractivity contribution in [2.75, 3.05) is 26.3 Å². The minimum atomic E-state index is 0.380. The van der Waals surface area contributed by atoms with Crippen molar-refractivity contribution >= 4 is 5.91 Å². The molecular weight excluding hydrogens is 312 g/mol. The second-order valence-corrected chi connectivity index (χ2v) is 8.02. The molecule has 3 fully saturated rings. The van der Waals surface area contributed by atoms with Gasteiger partial charge in [-0.1, -0.05) is 29.8 Å². The summed E-state index contributed by atoms with van der Waals surface area (Å²) in [5.41, 5.74) is 2.70. The molecule has 0 radical (unpaired) electrons. The summed E-state index contributed by atoms with van der Waals surface area (Å²) in [6.07, 6.45) is 5.09. The lowest BCUT2D eigenvalue weighted by atomic mass is 9.92. The molecule has 25 heavy (non-hydrogen) atoms. The first-order chi connectivity index (χ1) is 12.2. The standard InChI is InChI=1S/C21H30N2O2/c1-16-2-4-17(5-3-16)14-22-11-8-20-19(22)6-7-21(24)23(20)15-18-9-12-25-13-10-18/h2-5,18-20H,6-15H2,1H3/t19-,20-/m1/s1. The molecular formula is C21H30N2O2. The topological polar surface area (TPSA) is 32.8 Å². The molecule has 0 spiro atoms. The van der Waals surface area contributed by atoms with Crippen molar-refractivity contribution in [1.29, 1.82) is 0 Å². The molecule has 3 saturated heterocycles. The summed E-state index contributed by atoms with van der Waals surface area (Å²) in [5, 5.41) is 0. The van der Waals surface area contributed by atoms with Crippen molar-refractivity contribution in [1.82, 2.24) is 9.80 Å². The Labute approximate surface area is 151 Å². The van der Waals surface area contributed by atoms with Gasteiger partial charge in [0.25, 0.3) is 0 Å². The van der Waals surface area contributed by atoms with Gasteiger partial charge in [0.05, 0.1) is 0 Å². The van der Waals surface area contributed by atoms with E-state index in [1.807, 2.05) is 0 Å². The van der Waals surface area contributed by atoms with E-state index in [4.69, 9.17) is 4.74 Å². The Morgan fingerprint density at radius 2 is 1.80 bits per heavy atom. The van der Waals surface area contributed by atoms with Crippen LogP contribution >= 0.6 is 0 Å². The largest absolute Gasteiger partial charge is 0.381 e. The van der Waals surface area contributed by atoms with Crippen molar-refractivity contribution < 1.29 is 9.53 Å². The summed E-state index contributed by atoms with van der Waals surface area (Å²) in [4.78, 5) is 17.4. The Bertz CT molecular complexity index is 594. The molecule has 1 aromatic carbocycles. The van der Waals surface area contributed by atoms with Gasteiger partial charge in [-0.2, -0.15) is 0 Å². The van der Waals surface area contributed by atoms with Crippen LogP contribution in [0.3, 0.4) is 0 Å². The highest BCUT2D eigenvalue weighted by atomic mass is 16.5. The molecule has 3 aliphatic rings. The fourth-order valence-electron chi connectivity index (χ4n) is 4.81. The summed E-state index contributed by atoms with van der Waals surface area (Å²) in [6, 6.07) is 9.86. The molecule has 2 atom stereocenters. The zero-order valence-corrected chi connectivity index (χ0v) is 15.3. The molecule has 1 aromatic rings. The van der Waals surface area contributed by atoms with Crippen LogP contribution in [0.4, 0.5) is 0 Å². The van der Waals surface area contributed by atoms with E-state index in [9.17, 15) is 4.79 Å². The predicted octanol–water partition coefficient (Wildman–Crippen LogP) is 2.99. The maximum atomic E-state index is 12.6. The van der Waals surface area contributed by atoms with Crippen LogP contribution in [0.25, 0.3) is 0 Å². The third-order valence-corrected chi connectivity index (χ3v) is 6.30. The van der Waals surface area contributed by atoms with Gasteiger partial charge in [-0.15, -0.1) is 0 Å². The zero-order chi connectivity index (χ0) is 17.2. The first-order valence-corrected chi connectivity index (χ1v) is 9.87. The number of carbonyl (C=O) groups is 1. The Kier molecular flexibility index (Phi) is 5.09. The Morgan fingerprint density at radius 1 is 1.04 bits per heavy atom. The van der Waals surface area contributed by atoms with Gasteiger partial charge in [0.2, 0.25) is 5.91 Å². The number of ether oxygens (including phenoxy) is 1. The fourth-order valence-corrected chi connectivity index (χ4v) is 4.81. The minimum Gasteiger partial charge on any atom is -0.381 e. The number of fused-ring (bicyclic) bond motifs is 1. The molecule has 3 aliphatic heterocycles. The van der Waals surface area contributed by atoms with Gasteiger partial charge in [0, 0.05) is 51.4 Å². The van der Waals surface area contributed by atoms with E-state index >= 15 is 0 Å². The Hall–Kier alpha value is -1.39. The number of likely N-dealkylation sites (tertiary alicyclic amines) is 2. The SMILES string of the molecule is Cc1ccc(CN2CC[C@@H]3[C@H]2CCC(=O)N3CC2CCOCC2)cc1. The highest BCUT2D eigenvalue weighted by Gasteiger charge is 2.43. The smallest absolute Gasteiger partial charge is 0.222 e. The third kappa shape index (κ3) is 3.75. The number of benzene rings is 1. The van der Waals surface area contributed by atoms with Crippen molar-refractivity contribution in [3.8, 4) is 0 Å². The molecule has 4 nitrogen and oxygen atoms in total. The normalized spacial score (nSPS) is 28.4. The van der Waals surface area contributed by atoms with Gasteiger partial charge in [0.15, 0.2) is 0 Å². The highest BCUT2D eigenvalue weighted by Crippen LogP contribution is 2.33. The lowest BCUT2D eigenvalue weighted by molar-refractivity contribution is -0.139. The van der Waals surface area contributed by atoms with Crippen molar-refractivity contribution in [3.63, 3.8) is 0 Å². The lowest BCUT2D eigenvalue weighted by Gasteiger charge is -2.42. The summed E-state index contributed by atoms with van der Waals surface area (Å²) in [5.74, 6) is 1.01. The van der Waals surface area contributed by atoms with Gasteiger partial charge in [0.1, 0.15) is 0 Å². The van der Waals surface area contributed by atoms with Crippen LogP contribution in [0.15, 0.2) is 24.3 Å². The van der Waals surface area contributed by atoms with Crippen molar-refractivity contribution in [2.45, 2.75) is 57.7 Å². The maximum absolute atomic E-state index is 12.6. The number of amides is 1. The van der Waals surface area contributed by atoms with E-state index in [0.29, 0.717) is 23.9 Å². The molecule has 3 heterocycles. The fraction of sp³-hybridized carbons (Fsp3) is 0.667. The molecule has 4 rings (SSSR count). The molecule has 4 heteroatoms. The van der Waals surface area contributed by atoms with E-state index in [1.165, 1.54) is 11.1 Å². The van der Waals surface area contributed by atoms with Crippen LogP contribution in [-0.2, 0) is 16.1 Å². The molecule has 0 bridgehead atoms. The Morgan fingerprint density at radius 3 is 2.56 bits per heavy atom. The molecule has 0 aliphatic carbocycles. The molecule has 0 N–H and O–H groups in total. The van der Waals surface area contributed by atoms with E-state index in [1.54, 1.807) is 0 Å². The van der Waals surface area contributed by atoms with Gasteiger partial charge in [-0.05, 0) is 44.1 Å². The zero-order valence-electron chi connectivity index (χ0n) is 15.3. The van der Waals surface area contributed by atoms with E-state index in [-0.39, 0.29) is 0 Å². The number of rotatable bonds is 4. The van der Waals surface area contributed by atoms with Crippen LogP contribution in [0, 0.1) is 12.8 Å². The predicted molar refractivity (Wildman–Crippen MR) is 98.3 cm³/mol. The van der Waals surface area contributed by atoms with Crippen molar-refractivity contribution in [3.05, 3.63) is 35.4 Å². The summed E-state index contributed by atoms with van der Waals surface area (Å²) < 4.78 is 5.48. The first-order valence-electron chi connectivity index (χ1n) is 9.87. The number of hydrogen-bond donors (Lipinski definition) is 0. The van der Waals surface area contributed by atoms with Crippen molar-refractivity contribution in [2.24, 2.45) is 5.92 Å². The van der Waals surface area contributed by atoms with Gasteiger partial charge < -0.3 is 9.64 Å². The minimum absolute atomic E-state index is 0.380. The second kappa shape index (κ2) is 7.46. The quantitative estimate of drug-likeness (QED) is 0.843. The summed E-state index contributed by atoms with van der Waals surface area (Å²) >= 11 is 0. The molecule has 136 valence electrons. The summed E-state index contributed by atoms with van der Waals surface area (Å²) in [6.45, 7) is 6.93. The number of hydrogen-bond acceptors (Lipinski definition) is 3. The summed E-state index contributed by atoms with van der Waals surface area (Å²) in [7, 11) is 0. The lowest BCUT2D eigenvalue weighted by Crippen LogP contribution is -2.53. The number of piperidine rings is 1. The first kappa shape index (κ1) is 17.0. The van der Waals surface area contributed by atoms with E-state index in [2.05, 4.69) is 41.0 Å². The second-order valence-electron chi connectivity index (χ2n) is 8.02. The molecule has 0 saturated carbocycles. The average Bonchev–Trinajstić information content (AvgIpc) is 3.03. The van der Waals surface area contributed by atoms with Crippen LogP contribution in [0.5, 0.6) is 0 Å². The number of aryl methyl sites for hydroxylation is 1. The van der Waals surface area contributed by atoms with Gasteiger partial charge >= 0.3 is 0 Å². The average molecular weight is 342 g/mol. The highest BCUT2D eigenvalue weighted by molar-refractivity contribution is 5.77.